The summed E-state index contributed by atoms with van der Waals surface area (Å²) < 4.78 is 5.52. The molecule has 1 aromatic carbocycles. The first kappa shape index (κ1) is 13.0. The van der Waals surface area contributed by atoms with Crippen molar-refractivity contribution in [2.45, 2.75) is 26.6 Å². The Balaban J connectivity index is 2.97. The van der Waals surface area contributed by atoms with Gasteiger partial charge in [-0.25, -0.2) is 0 Å². The van der Waals surface area contributed by atoms with Gasteiger partial charge in [0.05, 0.1) is 12.7 Å². The van der Waals surface area contributed by atoms with Crippen LogP contribution in [0.4, 0.5) is 0 Å². The van der Waals surface area contributed by atoms with Crippen molar-refractivity contribution < 1.29 is 4.74 Å². The van der Waals surface area contributed by atoms with E-state index in [2.05, 4.69) is 0 Å². The van der Waals surface area contributed by atoms with E-state index >= 15 is 0 Å². The molecule has 0 unspecified atom stereocenters. The highest BCUT2D eigenvalue weighted by Gasteiger charge is 2.02. The van der Waals surface area contributed by atoms with E-state index in [-0.39, 0.29) is 11.7 Å². The number of hydrogen-bond acceptors (Lipinski definition) is 3. The molecule has 0 amide bonds. The van der Waals surface area contributed by atoms with Crippen LogP contribution in [0.3, 0.4) is 0 Å². The Morgan fingerprint density at radius 2 is 1.94 bits per heavy atom. The second kappa shape index (κ2) is 6.48. The van der Waals surface area contributed by atoms with Crippen molar-refractivity contribution in [2.75, 3.05) is 0 Å². The van der Waals surface area contributed by atoms with Gasteiger partial charge in [0.25, 0.3) is 0 Å². The Labute approximate surface area is 102 Å². The lowest BCUT2D eigenvalue weighted by molar-refractivity contribution is 0.0656. The zero-order valence-corrected chi connectivity index (χ0v) is 9.97. The minimum absolute atomic E-state index is 0.0991. The topological polar surface area (TPSA) is 56.8 Å². The van der Waals surface area contributed by atoms with Crippen molar-refractivity contribution in [2.24, 2.45) is 0 Å². The van der Waals surface area contributed by atoms with E-state index in [4.69, 9.17) is 15.3 Å². The van der Waals surface area contributed by atoms with Crippen molar-refractivity contribution in [3.63, 3.8) is 0 Å². The molecule has 0 aromatic heterocycles. The maximum Gasteiger partial charge on any atom is 0.130 e. The molecule has 3 heteroatoms. The number of allylic oxidation sites excluding steroid dienone is 1. The summed E-state index contributed by atoms with van der Waals surface area (Å²) in [5.41, 5.74) is 1.93. The molecule has 0 atom stereocenters. The van der Waals surface area contributed by atoms with E-state index in [1.807, 2.05) is 50.3 Å². The summed E-state index contributed by atoms with van der Waals surface area (Å²) in [6, 6.07) is 11.3. The Hall–Kier alpha value is -2.10. The highest BCUT2D eigenvalue weighted by Crippen LogP contribution is 2.14. The standard InChI is InChI=1S/C14H14N2O/c1-11(2)17-10-14-6-4-3-5-13(14)7-12(8-15)9-16/h3-7,11H,10H2,1-2H3. The third kappa shape index (κ3) is 4.10. The van der Waals surface area contributed by atoms with Crippen LogP contribution < -0.4 is 0 Å². The highest BCUT2D eigenvalue weighted by atomic mass is 16.5. The maximum atomic E-state index is 8.72. The summed E-state index contributed by atoms with van der Waals surface area (Å²) in [7, 11) is 0. The van der Waals surface area contributed by atoms with Gasteiger partial charge >= 0.3 is 0 Å². The van der Waals surface area contributed by atoms with Crippen molar-refractivity contribution in [1.29, 1.82) is 10.5 Å². The van der Waals surface area contributed by atoms with Crippen molar-refractivity contribution >= 4 is 6.08 Å². The van der Waals surface area contributed by atoms with Gasteiger partial charge in [-0.05, 0) is 31.1 Å². The molecule has 17 heavy (non-hydrogen) atoms. The molecule has 0 saturated carbocycles. The highest BCUT2D eigenvalue weighted by molar-refractivity contribution is 5.64. The summed E-state index contributed by atoms with van der Waals surface area (Å²) in [6.07, 6.45) is 1.73. The van der Waals surface area contributed by atoms with E-state index in [9.17, 15) is 0 Å². The molecule has 0 heterocycles. The average molecular weight is 226 g/mol. The van der Waals surface area contributed by atoms with Gasteiger partial charge in [0.1, 0.15) is 17.7 Å². The molecule has 0 N–H and O–H groups in total. The van der Waals surface area contributed by atoms with Crippen LogP contribution in [-0.2, 0) is 11.3 Å². The van der Waals surface area contributed by atoms with Crippen LogP contribution in [0, 0.1) is 22.7 Å². The average Bonchev–Trinajstić information content (AvgIpc) is 2.34. The molecule has 0 aliphatic rings. The molecule has 1 aromatic rings. The van der Waals surface area contributed by atoms with Crippen LogP contribution in [-0.4, -0.2) is 6.10 Å². The second-order valence-electron chi connectivity index (χ2n) is 3.84. The van der Waals surface area contributed by atoms with Crippen LogP contribution in [0.2, 0.25) is 0 Å². The summed E-state index contributed by atoms with van der Waals surface area (Å²) in [6.45, 7) is 4.41. The Kier molecular flexibility index (Phi) is 4.94. The number of ether oxygens (including phenoxy) is 1. The second-order valence-corrected chi connectivity index (χ2v) is 3.84. The van der Waals surface area contributed by atoms with E-state index < -0.39 is 0 Å². The van der Waals surface area contributed by atoms with Gasteiger partial charge in [0.15, 0.2) is 0 Å². The number of hydrogen-bond donors (Lipinski definition) is 0. The molecule has 0 saturated heterocycles. The van der Waals surface area contributed by atoms with Gasteiger partial charge in [0.2, 0.25) is 0 Å². The summed E-state index contributed by atoms with van der Waals surface area (Å²) in [4.78, 5) is 0. The quantitative estimate of drug-likeness (QED) is 0.741. The lowest BCUT2D eigenvalue weighted by atomic mass is 10.1. The first-order valence-corrected chi connectivity index (χ1v) is 5.38. The summed E-state index contributed by atoms with van der Waals surface area (Å²) in [5, 5.41) is 17.4. The van der Waals surface area contributed by atoms with Crippen molar-refractivity contribution in [3.8, 4) is 12.1 Å². The Morgan fingerprint density at radius 1 is 1.29 bits per heavy atom. The lowest BCUT2D eigenvalue weighted by Crippen LogP contribution is -2.03. The van der Waals surface area contributed by atoms with Crippen LogP contribution >= 0.6 is 0 Å². The van der Waals surface area contributed by atoms with Gasteiger partial charge in [-0.15, -0.1) is 0 Å². The number of benzene rings is 1. The fourth-order valence-corrected chi connectivity index (χ4v) is 1.31. The number of rotatable bonds is 4. The molecule has 0 radical (unpaired) electrons. The van der Waals surface area contributed by atoms with E-state index in [0.29, 0.717) is 6.61 Å². The minimum Gasteiger partial charge on any atom is -0.374 e. The van der Waals surface area contributed by atoms with Crippen LogP contribution in [0.5, 0.6) is 0 Å². The number of nitriles is 2. The minimum atomic E-state index is 0.0991. The van der Waals surface area contributed by atoms with Gasteiger partial charge in [-0.3, -0.25) is 0 Å². The normalized spacial score (nSPS) is 9.47. The fraction of sp³-hybridized carbons (Fsp3) is 0.286. The molecule has 0 aliphatic heterocycles. The Morgan fingerprint density at radius 3 is 2.53 bits per heavy atom. The zero-order valence-electron chi connectivity index (χ0n) is 9.97. The SMILES string of the molecule is CC(C)OCc1ccccc1C=C(C#N)C#N. The molecule has 86 valence electrons. The lowest BCUT2D eigenvalue weighted by Gasteiger charge is -2.09. The fourth-order valence-electron chi connectivity index (χ4n) is 1.31. The van der Waals surface area contributed by atoms with Gasteiger partial charge in [-0.2, -0.15) is 10.5 Å². The molecule has 0 spiro atoms. The molecule has 0 fully saturated rings. The zero-order chi connectivity index (χ0) is 12.7. The number of nitrogens with zero attached hydrogens (tertiary/aromatic N) is 2. The van der Waals surface area contributed by atoms with Crippen molar-refractivity contribution in [3.05, 3.63) is 41.0 Å². The third-order valence-electron chi connectivity index (χ3n) is 2.17. The van der Waals surface area contributed by atoms with Crippen LogP contribution in [0.15, 0.2) is 29.8 Å². The van der Waals surface area contributed by atoms with Gasteiger partial charge in [0, 0.05) is 0 Å². The van der Waals surface area contributed by atoms with Gasteiger partial charge in [-0.1, -0.05) is 24.3 Å². The van der Waals surface area contributed by atoms with Crippen LogP contribution in [0.1, 0.15) is 25.0 Å². The third-order valence-corrected chi connectivity index (χ3v) is 2.17. The van der Waals surface area contributed by atoms with Crippen molar-refractivity contribution in [1.82, 2.24) is 0 Å². The predicted octanol–water partition coefficient (Wildman–Crippen LogP) is 3.04. The maximum absolute atomic E-state index is 8.72. The predicted molar refractivity (Wildman–Crippen MR) is 65.6 cm³/mol. The van der Waals surface area contributed by atoms with Crippen LogP contribution in [0.25, 0.3) is 6.08 Å². The summed E-state index contributed by atoms with van der Waals surface area (Å²) in [5.74, 6) is 0. The Bertz CT molecular complexity index is 474. The first-order valence-electron chi connectivity index (χ1n) is 5.38. The molecule has 3 nitrogen and oxygen atoms in total. The smallest absolute Gasteiger partial charge is 0.130 e. The largest absolute Gasteiger partial charge is 0.374 e. The van der Waals surface area contributed by atoms with E-state index in [1.54, 1.807) is 6.08 Å². The summed E-state index contributed by atoms with van der Waals surface area (Å²) >= 11 is 0. The first-order chi connectivity index (χ1) is 8.17. The molecular weight excluding hydrogens is 212 g/mol. The molecular formula is C14H14N2O. The van der Waals surface area contributed by atoms with E-state index in [0.717, 1.165) is 11.1 Å². The molecule has 0 aliphatic carbocycles. The van der Waals surface area contributed by atoms with E-state index in [1.165, 1.54) is 0 Å². The monoisotopic (exact) mass is 226 g/mol. The molecule has 0 bridgehead atoms. The molecule has 1 rings (SSSR count). The van der Waals surface area contributed by atoms with Gasteiger partial charge < -0.3 is 4.74 Å².